The Hall–Kier alpha value is -2.62. The maximum atomic E-state index is 13.4. The van der Waals surface area contributed by atoms with Gasteiger partial charge in [-0.3, -0.25) is 0 Å². The highest BCUT2D eigenvalue weighted by atomic mass is 19.1. The smallest absolute Gasteiger partial charge is 0.360 e. The lowest BCUT2D eigenvalue weighted by Crippen LogP contribution is -2.08. The number of hydrogen-bond acceptors (Lipinski definition) is 3. The van der Waals surface area contributed by atoms with Crippen molar-refractivity contribution in [3.05, 3.63) is 64.8 Å². The Balaban J connectivity index is 2.48. The van der Waals surface area contributed by atoms with E-state index < -0.39 is 11.4 Å². The van der Waals surface area contributed by atoms with Crippen LogP contribution in [0.25, 0.3) is 22.1 Å². The van der Waals surface area contributed by atoms with Gasteiger partial charge in [-0.05, 0) is 23.8 Å². The van der Waals surface area contributed by atoms with Crippen molar-refractivity contribution in [2.24, 2.45) is 0 Å². The van der Waals surface area contributed by atoms with Gasteiger partial charge < -0.3 is 10.2 Å². The summed E-state index contributed by atoms with van der Waals surface area (Å²) in [5.41, 5.74) is 6.76. The average molecular weight is 255 g/mol. The zero-order valence-electron chi connectivity index (χ0n) is 9.89. The Morgan fingerprint density at radius 1 is 1.05 bits per heavy atom. The maximum Gasteiger partial charge on any atom is 0.360 e. The summed E-state index contributed by atoms with van der Waals surface area (Å²) in [6.07, 6.45) is 0. The molecule has 0 aliphatic heterocycles. The Morgan fingerprint density at radius 3 is 2.53 bits per heavy atom. The Morgan fingerprint density at radius 2 is 1.79 bits per heavy atom. The Bertz CT molecular complexity index is 809. The third-order valence-corrected chi connectivity index (χ3v) is 2.97. The summed E-state index contributed by atoms with van der Waals surface area (Å²) in [5.74, 6) is -0.405. The van der Waals surface area contributed by atoms with Crippen LogP contribution in [0.1, 0.15) is 0 Å². The number of hydrogen-bond donors (Lipinski definition) is 1. The second-order valence-corrected chi connectivity index (χ2v) is 4.18. The molecule has 0 saturated carbocycles. The zero-order chi connectivity index (χ0) is 13.4. The number of anilines is 1. The van der Waals surface area contributed by atoms with Crippen molar-refractivity contribution in [1.82, 2.24) is 0 Å². The fourth-order valence-corrected chi connectivity index (χ4v) is 2.10. The Kier molecular flexibility index (Phi) is 2.56. The van der Waals surface area contributed by atoms with Crippen LogP contribution in [-0.2, 0) is 0 Å². The molecule has 0 spiro atoms. The van der Waals surface area contributed by atoms with Crippen molar-refractivity contribution in [3.8, 4) is 11.1 Å². The summed E-state index contributed by atoms with van der Waals surface area (Å²) in [7, 11) is 0. The minimum Gasteiger partial charge on any atom is -0.421 e. The molecule has 3 aromatic rings. The van der Waals surface area contributed by atoms with Crippen LogP contribution >= 0.6 is 0 Å². The van der Waals surface area contributed by atoms with Crippen molar-refractivity contribution in [2.45, 2.75) is 0 Å². The molecule has 1 heterocycles. The van der Waals surface area contributed by atoms with Crippen LogP contribution in [0.3, 0.4) is 0 Å². The first-order chi connectivity index (χ1) is 9.16. The quantitative estimate of drug-likeness (QED) is 0.679. The van der Waals surface area contributed by atoms with E-state index in [0.717, 1.165) is 5.56 Å². The predicted octanol–water partition coefficient (Wildman–Crippen LogP) is 3.18. The molecule has 0 aliphatic rings. The molecular weight excluding hydrogens is 245 g/mol. The highest BCUT2D eigenvalue weighted by molar-refractivity contribution is 5.98. The molecule has 0 saturated heterocycles. The van der Waals surface area contributed by atoms with Gasteiger partial charge in [0.2, 0.25) is 0 Å². The molecule has 4 heteroatoms. The normalized spacial score (nSPS) is 10.8. The number of benzene rings is 2. The van der Waals surface area contributed by atoms with Crippen molar-refractivity contribution < 1.29 is 8.81 Å². The van der Waals surface area contributed by atoms with E-state index in [1.807, 2.05) is 30.3 Å². The molecule has 1 aromatic heterocycles. The maximum absolute atomic E-state index is 13.4. The second kappa shape index (κ2) is 4.24. The van der Waals surface area contributed by atoms with Gasteiger partial charge in [0.05, 0.1) is 0 Å². The highest BCUT2D eigenvalue weighted by Gasteiger charge is 2.14. The van der Waals surface area contributed by atoms with Crippen molar-refractivity contribution in [3.63, 3.8) is 0 Å². The van der Waals surface area contributed by atoms with Gasteiger partial charge in [0, 0.05) is 10.9 Å². The van der Waals surface area contributed by atoms with Gasteiger partial charge in [-0.2, -0.15) is 0 Å². The van der Waals surface area contributed by atoms with Gasteiger partial charge >= 0.3 is 5.63 Å². The average Bonchev–Trinajstić information content (AvgIpc) is 2.42. The van der Waals surface area contributed by atoms with Gasteiger partial charge in [-0.25, -0.2) is 9.18 Å². The molecule has 0 fully saturated rings. The third-order valence-electron chi connectivity index (χ3n) is 2.97. The van der Waals surface area contributed by atoms with Gasteiger partial charge in [0.1, 0.15) is 17.1 Å². The van der Waals surface area contributed by atoms with Gasteiger partial charge in [0.15, 0.2) is 0 Å². The minimum atomic E-state index is -0.613. The monoisotopic (exact) mass is 255 g/mol. The first kappa shape index (κ1) is 11.5. The predicted molar refractivity (Wildman–Crippen MR) is 72.3 cm³/mol. The number of rotatable bonds is 1. The molecule has 19 heavy (non-hydrogen) atoms. The molecule has 2 N–H and O–H groups in total. The lowest BCUT2D eigenvalue weighted by Gasteiger charge is -2.08. The molecular formula is C15H10FNO2. The summed E-state index contributed by atoms with van der Waals surface area (Å²) in [5, 5.41) is 0.489. The third kappa shape index (κ3) is 1.87. The molecule has 0 bridgehead atoms. The van der Waals surface area contributed by atoms with Crippen LogP contribution in [0.2, 0.25) is 0 Å². The van der Waals surface area contributed by atoms with E-state index >= 15 is 0 Å². The molecule has 0 atom stereocenters. The largest absolute Gasteiger partial charge is 0.421 e. The fraction of sp³-hybridized carbons (Fsp3) is 0. The summed E-state index contributed by atoms with van der Waals surface area (Å²) < 4.78 is 18.5. The second-order valence-electron chi connectivity index (χ2n) is 4.18. The molecule has 94 valence electrons. The van der Waals surface area contributed by atoms with Crippen LogP contribution in [0.15, 0.2) is 57.7 Å². The SMILES string of the molecule is Nc1c(-c2ccccc2)c2cc(F)ccc2oc1=O. The lowest BCUT2D eigenvalue weighted by molar-refractivity contribution is 0.562. The topological polar surface area (TPSA) is 56.2 Å². The first-order valence-electron chi connectivity index (χ1n) is 5.74. The lowest BCUT2D eigenvalue weighted by atomic mass is 10.0. The van der Waals surface area contributed by atoms with E-state index in [1.165, 1.54) is 18.2 Å². The van der Waals surface area contributed by atoms with E-state index in [9.17, 15) is 9.18 Å². The highest BCUT2D eigenvalue weighted by Crippen LogP contribution is 2.31. The van der Waals surface area contributed by atoms with E-state index in [0.29, 0.717) is 16.5 Å². The standard InChI is InChI=1S/C15H10FNO2/c16-10-6-7-12-11(8-10)13(14(17)15(18)19-12)9-4-2-1-3-5-9/h1-8H,17H2. The minimum absolute atomic E-state index is 0.00991. The molecule has 3 rings (SSSR count). The summed E-state index contributed by atoms with van der Waals surface area (Å²) in [6, 6.07) is 13.1. The van der Waals surface area contributed by atoms with E-state index in [-0.39, 0.29) is 5.69 Å². The number of nitrogen functional groups attached to an aromatic ring is 1. The van der Waals surface area contributed by atoms with Crippen LogP contribution in [0, 0.1) is 5.82 Å². The van der Waals surface area contributed by atoms with E-state index in [1.54, 1.807) is 0 Å². The molecule has 0 amide bonds. The van der Waals surface area contributed by atoms with Gasteiger partial charge in [-0.15, -0.1) is 0 Å². The zero-order valence-corrected chi connectivity index (χ0v) is 9.89. The van der Waals surface area contributed by atoms with Crippen LogP contribution in [0.4, 0.5) is 10.1 Å². The molecule has 0 unspecified atom stereocenters. The molecule has 0 aliphatic carbocycles. The fourth-order valence-electron chi connectivity index (χ4n) is 2.10. The van der Waals surface area contributed by atoms with Crippen LogP contribution in [-0.4, -0.2) is 0 Å². The molecule has 2 aromatic carbocycles. The Labute approximate surface area is 108 Å². The first-order valence-corrected chi connectivity index (χ1v) is 5.74. The summed E-state index contributed by atoms with van der Waals surface area (Å²) >= 11 is 0. The number of halogens is 1. The van der Waals surface area contributed by atoms with Crippen LogP contribution in [0.5, 0.6) is 0 Å². The molecule has 3 nitrogen and oxygen atoms in total. The van der Waals surface area contributed by atoms with Crippen molar-refractivity contribution >= 4 is 16.7 Å². The van der Waals surface area contributed by atoms with Crippen LogP contribution < -0.4 is 11.4 Å². The van der Waals surface area contributed by atoms with E-state index in [2.05, 4.69) is 0 Å². The summed E-state index contributed by atoms with van der Waals surface area (Å²) in [6.45, 7) is 0. The van der Waals surface area contributed by atoms with Gasteiger partial charge in [0.25, 0.3) is 0 Å². The van der Waals surface area contributed by atoms with Crippen molar-refractivity contribution in [1.29, 1.82) is 0 Å². The number of fused-ring (bicyclic) bond motifs is 1. The van der Waals surface area contributed by atoms with E-state index in [4.69, 9.17) is 10.2 Å². The van der Waals surface area contributed by atoms with Crippen molar-refractivity contribution in [2.75, 3.05) is 5.73 Å². The molecule has 0 radical (unpaired) electrons. The number of nitrogens with two attached hydrogens (primary N) is 1. The summed E-state index contributed by atoms with van der Waals surface area (Å²) in [4.78, 5) is 11.7. The van der Waals surface area contributed by atoms with Gasteiger partial charge in [-0.1, -0.05) is 30.3 Å².